The van der Waals surface area contributed by atoms with Crippen LogP contribution in [0.5, 0.6) is 0 Å². The summed E-state index contributed by atoms with van der Waals surface area (Å²) in [5, 5.41) is 2.98. The lowest BCUT2D eigenvalue weighted by Crippen LogP contribution is -2.38. The SMILES string of the molecule is COC(=O)[C@H]1CC[C@H](NC(=O)CCCCl)CC1. The molecule has 0 aromatic heterocycles. The highest BCUT2D eigenvalue weighted by atomic mass is 35.5. The van der Waals surface area contributed by atoms with Crippen LogP contribution >= 0.6 is 11.6 Å². The Hall–Kier alpha value is -0.770. The molecule has 98 valence electrons. The fraction of sp³-hybridized carbons (Fsp3) is 0.833. The third kappa shape index (κ3) is 4.94. The molecule has 5 heteroatoms. The largest absolute Gasteiger partial charge is 0.469 e. The van der Waals surface area contributed by atoms with Crippen molar-refractivity contribution in [3.05, 3.63) is 0 Å². The first kappa shape index (κ1) is 14.3. The van der Waals surface area contributed by atoms with Gasteiger partial charge >= 0.3 is 5.97 Å². The number of alkyl halides is 1. The Morgan fingerprint density at radius 2 is 1.94 bits per heavy atom. The van der Waals surface area contributed by atoms with Gasteiger partial charge in [-0.2, -0.15) is 0 Å². The summed E-state index contributed by atoms with van der Waals surface area (Å²) in [4.78, 5) is 22.8. The van der Waals surface area contributed by atoms with Crippen LogP contribution < -0.4 is 5.32 Å². The maximum atomic E-state index is 11.5. The molecule has 0 aromatic rings. The van der Waals surface area contributed by atoms with Gasteiger partial charge in [-0.1, -0.05) is 0 Å². The second kappa shape index (κ2) is 7.54. The van der Waals surface area contributed by atoms with Crippen molar-refractivity contribution in [2.24, 2.45) is 5.92 Å². The number of halogens is 1. The summed E-state index contributed by atoms with van der Waals surface area (Å²) in [5.74, 6) is 0.461. The molecule has 4 nitrogen and oxygen atoms in total. The average molecular weight is 262 g/mol. The first-order valence-corrected chi connectivity index (χ1v) is 6.64. The Kier molecular flexibility index (Phi) is 6.34. The Morgan fingerprint density at radius 3 is 2.47 bits per heavy atom. The van der Waals surface area contributed by atoms with Gasteiger partial charge in [0, 0.05) is 18.3 Å². The van der Waals surface area contributed by atoms with E-state index in [9.17, 15) is 9.59 Å². The molecule has 0 spiro atoms. The summed E-state index contributed by atoms with van der Waals surface area (Å²) in [6.07, 6.45) is 4.50. The molecule has 1 N–H and O–H groups in total. The molecule has 1 rings (SSSR count). The normalized spacial score (nSPS) is 24.1. The topological polar surface area (TPSA) is 55.4 Å². The maximum Gasteiger partial charge on any atom is 0.308 e. The molecule has 1 fully saturated rings. The summed E-state index contributed by atoms with van der Waals surface area (Å²) >= 11 is 5.53. The summed E-state index contributed by atoms with van der Waals surface area (Å²) in [6, 6.07) is 0.207. The van der Waals surface area contributed by atoms with E-state index in [0.717, 1.165) is 25.7 Å². The van der Waals surface area contributed by atoms with E-state index >= 15 is 0 Å². The quantitative estimate of drug-likeness (QED) is 0.607. The van der Waals surface area contributed by atoms with E-state index in [1.54, 1.807) is 0 Å². The minimum atomic E-state index is -0.128. The first-order chi connectivity index (χ1) is 8.17. The molecule has 0 atom stereocenters. The number of esters is 1. The number of ether oxygens (including phenoxy) is 1. The molecular formula is C12H20ClNO3. The van der Waals surface area contributed by atoms with Gasteiger partial charge in [-0.3, -0.25) is 9.59 Å². The van der Waals surface area contributed by atoms with Gasteiger partial charge in [-0.15, -0.1) is 11.6 Å². The molecule has 0 aliphatic heterocycles. The standard InChI is InChI=1S/C12H20ClNO3/c1-17-12(16)9-4-6-10(7-5-9)14-11(15)3-2-8-13/h9-10H,2-8H2,1H3,(H,14,15)/t9-,10-. The highest BCUT2D eigenvalue weighted by Gasteiger charge is 2.27. The molecule has 1 aliphatic carbocycles. The lowest BCUT2D eigenvalue weighted by molar-refractivity contribution is -0.146. The number of amides is 1. The molecule has 0 heterocycles. The van der Waals surface area contributed by atoms with Crippen molar-refractivity contribution in [1.82, 2.24) is 5.32 Å². The van der Waals surface area contributed by atoms with E-state index < -0.39 is 0 Å². The second-order valence-electron chi connectivity index (χ2n) is 4.43. The van der Waals surface area contributed by atoms with Crippen molar-refractivity contribution in [2.45, 2.75) is 44.6 Å². The van der Waals surface area contributed by atoms with Crippen molar-refractivity contribution in [1.29, 1.82) is 0 Å². The number of hydrogen-bond donors (Lipinski definition) is 1. The second-order valence-corrected chi connectivity index (χ2v) is 4.81. The van der Waals surface area contributed by atoms with E-state index in [1.165, 1.54) is 7.11 Å². The molecular weight excluding hydrogens is 242 g/mol. The van der Waals surface area contributed by atoms with Crippen molar-refractivity contribution in [2.75, 3.05) is 13.0 Å². The van der Waals surface area contributed by atoms with Crippen LogP contribution in [-0.4, -0.2) is 30.9 Å². The first-order valence-electron chi connectivity index (χ1n) is 6.10. The molecule has 0 radical (unpaired) electrons. The van der Waals surface area contributed by atoms with Gasteiger partial charge in [0.1, 0.15) is 0 Å². The van der Waals surface area contributed by atoms with E-state index in [0.29, 0.717) is 18.7 Å². The van der Waals surface area contributed by atoms with Crippen LogP contribution in [0.25, 0.3) is 0 Å². The Bertz CT molecular complexity index is 262. The van der Waals surface area contributed by atoms with Crippen molar-refractivity contribution in [3.63, 3.8) is 0 Å². The maximum absolute atomic E-state index is 11.5. The van der Waals surface area contributed by atoms with Gasteiger partial charge < -0.3 is 10.1 Å². The van der Waals surface area contributed by atoms with Crippen LogP contribution in [0.4, 0.5) is 0 Å². The number of nitrogens with one attached hydrogen (secondary N) is 1. The summed E-state index contributed by atoms with van der Waals surface area (Å²) in [5.41, 5.74) is 0. The molecule has 1 saturated carbocycles. The minimum absolute atomic E-state index is 0.0102. The minimum Gasteiger partial charge on any atom is -0.469 e. The van der Waals surface area contributed by atoms with Crippen LogP contribution in [0.1, 0.15) is 38.5 Å². The molecule has 17 heavy (non-hydrogen) atoms. The number of carbonyl (C=O) groups is 2. The number of rotatable bonds is 5. The monoisotopic (exact) mass is 261 g/mol. The molecule has 0 bridgehead atoms. The highest BCUT2D eigenvalue weighted by molar-refractivity contribution is 6.17. The molecule has 1 amide bonds. The predicted molar refractivity (Wildman–Crippen MR) is 65.9 cm³/mol. The zero-order valence-electron chi connectivity index (χ0n) is 10.2. The summed E-state index contributed by atoms with van der Waals surface area (Å²) < 4.78 is 4.72. The predicted octanol–water partition coefficient (Wildman–Crippen LogP) is 1.85. The van der Waals surface area contributed by atoms with Crippen molar-refractivity contribution < 1.29 is 14.3 Å². The van der Waals surface area contributed by atoms with Gasteiger partial charge in [0.25, 0.3) is 0 Å². The van der Waals surface area contributed by atoms with Crippen LogP contribution in [-0.2, 0) is 14.3 Å². The lowest BCUT2D eigenvalue weighted by atomic mass is 9.86. The molecule has 1 aliphatic rings. The zero-order chi connectivity index (χ0) is 12.7. The van der Waals surface area contributed by atoms with Gasteiger partial charge in [0.2, 0.25) is 5.91 Å². The fourth-order valence-corrected chi connectivity index (χ4v) is 2.30. The van der Waals surface area contributed by atoms with Gasteiger partial charge in [-0.25, -0.2) is 0 Å². The Balaban J connectivity index is 2.23. The Morgan fingerprint density at radius 1 is 1.29 bits per heavy atom. The van der Waals surface area contributed by atoms with Gasteiger partial charge in [0.05, 0.1) is 13.0 Å². The number of hydrogen-bond acceptors (Lipinski definition) is 3. The van der Waals surface area contributed by atoms with Crippen molar-refractivity contribution >= 4 is 23.5 Å². The highest BCUT2D eigenvalue weighted by Crippen LogP contribution is 2.25. The third-order valence-corrected chi connectivity index (χ3v) is 3.43. The number of methoxy groups -OCH3 is 1. The van der Waals surface area contributed by atoms with E-state index in [1.807, 2.05) is 0 Å². The van der Waals surface area contributed by atoms with Crippen LogP contribution in [0.3, 0.4) is 0 Å². The smallest absolute Gasteiger partial charge is 0.308 e. The van der Waals surface area contributed by atoms with Crippen LogP contribution in [0.15, 0.2) is 0 Å². The summed E-state index contributed by atoms with van der Waals surface area (Å²) in [7, 11) is 1.42. The fourth-order valence-electron chi connectivity index (χ4n) is 2.17. The summed E-state index contributed by atoms with van der Waals surface area (Å²) in [6.45, 7) is 0. The van der Waals surface area contributed by atoms with E-state index in [4.69, 9.17) is 16.3 Å². The zero-order valence-corrected chi connectivity index (χ0v) is 11.0. The average Bonchev–Trinajstić information content (AvgIpc) is 2.36. The third-order valence-electron chi connectivity index (χ3n) is 3.16. The lowest BCUT2D eigenvalue weighted by Gasteiger charge is -2.27. The van der Waals surface area contributed by atoms with Crippen LogP contribution in [0.2, 0.25) is 0 Å². The van der Waals surface area contributed by atoms with Crippen molar-refractivity contribution in [3.8, 4) is 0 Å². The van der Waals surface area contributed by atoms with Crippen LogP contribution in [0, 0.1) is 5.92 Å². The van der Waals surface area contributed by atoms with Gasteiger partial charge in [0.15, 0.2) is 0 Å². The Labute approximate surface area is 107 Å². The molecule has 0 saturated heterocycles. The van der Waals surface area contributed by atoms with E-state index in [2.05, 4.69) is 5.32 Å². The van der Waals surface area contributed by atoms with E-state index in [-0.39, 0.29) is 23.8 Å². The molecule has 0 aromatic carbocycles. The molecule has 0 unspecified atom stereocenters. The van der Waals surface area contributed by atoms with Gasteiger partial charge in [-0.05, 0) is 32.1 Å². The number of carbonyl (C=O) groups excluding carboxylic acids is 2.